The van der Waals surface area contributed by atoms with Gasteiger partial charge >= 0.3 is 0 Å². The Morgan fingerprint density at radius 3 is 2.31 bits per heavy atom. The van der Waals surface area contributed by atoms with E-state index in [1.807, 2.05) is 12.1 Å². The van der Waals surface area contributed by atoms with Crippen molar-refractivity contribution in [2.45, 2.75) is 37.5 Å². The number of hydrazine groups is 1. The molecule has 90 valence electrons. The molecule has 0 aliphatic rings. The summed E-state index contributed by atoms with van der Waals surface area (Å²) in [4.78, 5) is 2.00. The van der Waals surface area contributed by atoms with E-state index in [4.69, 9.17) is 5.84 Å². The fourth-order valence-corrected chi connectivity index (χ4v) is 2.11. The number of benzene rings is 1. The van der Waals surface area contributed by atoms with Crippen LogP contribution < -0.4 is 10.7 Å². The molecule has 0 aliphatic carbocycles. The molecule has 0 atom stereocenters. The van der Waals surface area contributed by atoms with Crippen LogP contribution in [0.5, 0.6) is 0 Å². The van der Waals surface area contributed by atoms with Crippen molar-refractivity contribution in [1.82, 2.24) is 4.83 Å². The van der Waals surface area contributed by atoms with E-state index in [0.29, 0.717) is 0 Å². The predicted molar refractivity (Wildman–Crippen MR) is 64.2 cm³/mol. The summed E-state index contributed by atoms with van der Waals surface area (Å²) in [5.74, 6) is 4.94. The molecule has 0 spiro atoms. The molecule has 16 heavy (non-hydrogen) atoms. The fraction of sp³-hybridized carbons (Fsp3) is 0.455. The first kappa shape index (κ1) is 13.2. The third kappa shape index (κ3) is 3.59. The van der Waals surface area contributed by atoms with Gasteiger partial charge in [0.05, 0.1) is 4.90 Å². The number of hydrogen-bond donors (Lipinski definition) is 2. The number of rotatable bonds is 6. The topological polar surface area (TPSA) is 72.2 Å². The van der Waals surface area contributed by atoms with E-state index in [-0.39, 0.29) is 4.90 Å². The number of nitrogens with one attached hydrogen (secondary N) is 1. The molecule has 0 saturated carbocycles. The average Bonchev–Trinajstić information content (AvgIpc) is 2.30. The highest BCUT2D eigenvalue weighted by molar-refractivity contribution is 7.89. The highest BCUT2D eigenvalue weighted by atomic mass is 32.2. The molecule has 0 amide bonds. The Kier molecular flexibility index (Phi) is 4.92. The monoisotopic (exact) mass is 242 g/mol. The van der Waals surface area contributed by atoms with Gasteiger partial charge in [0, 0.05) is 0 Å². The Morgan fingerprint density at radius 2 is 1.81 bits per heavy atom. The second-order valence-corrected chi connectivity index (χ2v) is 5.44. The van der Waals surface area contributed by atoms with Crippen LogP contribution in [0.15, 0.2) is 29.2 Å². The average molecular weight is 242 g/mol. The first-order valence-corrected chi connectivity index (χ1v) is 6.90. The van der Waals surface area contributed by atoms with Gasteiger partial charge < -0.3 is 0 Å². The van der Waals surface area contributed by atoms with Crippen LogP contribution in [0.3, 0.4) is 0 Å². The van der Waals surface area contributed by atoms with Gasteiger partial charge in [0.1, 0.15) is 0 Å². The lowest BCUT2D eigenvalue weighted by Gasteiger charge is -2.04. The first-order valence-electron chi connectivity index (χ1n) is 5.41. The predicted octanol–water partition coefficient (Wildman–Crippen LogP) is 1.57. The van der Waals surface area contributed by atoms with E-state index in [2.05, 4.69) is 6.92 Å². The molecule has 1 aromatic carbocycles. The molecule has 1 rings (SSSR count). The highest BCUT2D eigenvalue weighted by Gasteiger charge is 2.10. The largest absolute Gasteiger partial charge is 0.257 e. The maximum absolute atomic E-state index is 11.3. The molecular formula is C11H18N2O2S. The van der Waals surface area contributed by atoms with Gasteiger partial charge in [0.2, 0.25) is 0 Å². The molecule has 5 heteroatoms. The summed E-state index contributed by atoms with van der Waals surface area (Å²) in [5.41, 5.74) is 1.16. The zero-order valence-electron chi connectivity index (χ0n) is 9.44. The zero-order chi connectivity index (χ0) is 12.0. The van der Waals surface area contributed by atoms with Crippen LogP contribution in [0.25, 0.3) is 0 Å². The molecule has 0 heterocycles. The molecule has 0 radical (unpaired) electrons. The molecule has 0 aromatic heterocycles. The Hall–Kier alpha value is -0.910. The Morgan fingerprint density at radius 1 is 1.19 bits per heavy atom. The quantitative estimate of drug-likeness (QED) is 0.452. The lowest BCUT2D eigenvalue weighted by Crippen LogP contribution is -2.30. The minimum atomic E-state index is -3.51. The van der Waals surface area contributed by atoms with Gasteiger partial charge in [-0.25, -0.2) is 8.42 Å². The summed E-state index contributed by atoms with van der Waals surface area (Å²) in [6.45, 7) is 2.16. The minimum Gasteiger partial charge on any atom is -0.257 e. The smallest absolute Gasteiger partial charge is 0.253 e. The van der Waals surface area contributed by atoms with Crippen molar-refractivity contribution >= 4 is 10.0 Å². The molecule has 0 aliphatic heterocycles. The number of sulfonamides is 1. The van der Waals surface area contributed by atoms with Crippen LogP contribution in [0.4, 0.5) is 0 Å². The second-order valence-electron chi connectivity index (χ2n) is 3.72. The molecule has 0 fully saturated rings. The van der Waals surface area contributed by atoms with Crippen molar-refractivity contribution in [3.8, 4) is 0 Å². The molecule has 0 saturated heterocycles. The minimum absolute atomic E-state index is 0.203. The van der Waals surface area contributed by atoms with Crippen LogP contribution in [-0.2, 0) is 16.4 Å². The van der Waals surface area contributed by atoms with E-state index in [1.165, 1.54) is 12.8 Å². The molecular weight excluding hydrogens is 224 g/mol. The SMILES string of the molecule is CCCCCc1ccc(S(=O)(=O)NN)cc1. The second kappa shape index (κ2) is 5.98. The zero-order valence-corrected chi connectivity index (χ0v) is 10.3. The van der Waals surface area contributed by atoms with Crippen molar-refractivity contribution in [2.24, 2.45) is 5.84 Å². The van der Waals surface area contributed by atoms with Crippen LogP contribution in [-0.4, -0.2) is 8.42 Å². The summed E-state index contributed by atoms with van der Waals surface area (Å²) >= 11 is 0. The summed E-state index contributed by atoms with van der Waals surface area (Å²) in [5, 5.41) is 0. The highest BCUT2D eigenvalue weighted by Crippen LogP contribution is 2.12. The van der Waals surface area contributed by atoms with Gasteiger partial charge in [0.25, 0.3) is 10.0 Å². The number of aryl methyl sites for hydroxylation is 1. The number of nitrogens with two attached hydrogens (primary N) is 1. The Balaban J connectivity index is 2.68. The summed E-state index contributed by atoms with van der Waals surface area (Å²) in [6.07, 6.45) is 4.51. The van der Waals surface area contributed by atoms with Gasteiger partial charge in [0.15, 0.2) is 0 Å². The third-order valence-corrected chi connectivity index (χ3v) is 3.66. The summed E-state index contributed by atoms with van der Waals surface area (Å²) < 4.78 is 22.7. The van der Waals surface area contributed by atoms with E-state index >= 15 is 0 Å². The van der Waals surface area contributed by atoms with Crippen LogP contribution in [0, 0.1) is 0 Å². The fourth-order valence-electron chi connectivity index (χ4n) is 1.48. The number of unbranched alkanes of at least 4 members (excludes halogenated alkanes) is 2. The van der Waals surface area contributed by atoms with Gasteiger partial charge in [-0.05, 0) is 30.5 Å². The van der Waals surface area contributed by atoms with Gasteiger partial charge in [-0.2, -0.15) is 4.83 Å². The molecule has 3 N–H and O–H groups in total. The van der Waals surface area contributed by atoms with E-state index in [9.17, 15) is 8.42 Å². The normalized spacial score (nSPS) is 11.6. The Bertz CT molecular complexity index is 412. The van der Waals surface area contributed by atoms with Gasteiger partial charge in [-0.1, -0.05) is 31.9 Å². The van der Waals surface area contributed by atoms with Gasteiger partial charge in [-0.3, -0.25) is 5.84 Å². The molecule has 0 bridgehead atoms. The molecule has 1 aromatic rings. The van der Waals surface area contributed by atoms with Crippen LogP contribution in [0.2, 0.25) is 0 Å². The van der Waals surface area contributed by atoms with Crippen molar-refractivity contribution in [3.05, 3.63) is 29.8 Å². The molecule has 4 nitrogen and oxygen atoms in total. The van der Waals surface area contributed by atoms with Crippen molar-refractivity contribution in [3.63, 3.8) is 0 Å². The van der Waals surface area contributed by atoms with Crippen molar-refractivity contribution in [1.29, 1.82) is 0 Å². The maximum Gasteiger partial charge on any atom is 0.253 e. The van der Waals surface area contributed by atoms with Crippen LogP contribution in [0.1, 0.15) is 31.7 Å². The van der Waals surface area contributed by atoms with Crippen LogP contribution >= 0.6 is 0 Å². The maximum atomic E-state index is 11.3. The Labute approximate surface area is 96.9 Å². The first-order chi connectivity index (χ1) is 7.60. The molecule has 0 unspecified atom stereocenters. The lowest BCUT2D eigenvalue weighted by molar-refractivity contribution is 0.584. The lowest BCUT2D eigenvalue weighted by atomic mass is 10.1. The number of hydrogen-bond acceptors (Lipinski definition) is 3. The summed E-state index contributed by atoms with van der Waals surface area (Å²) in [6, 6.07) is 6.83. The third-order valence-electron chi connectivity index (χ3n) is 2.46. The van der Waals surface area contributed by atoms with Gasteiger partial charge in [-0.15, -0.1) is 0 Å². The van der Waals surface area contributed by atoms with E-state index in [1.54, 1.807) is 17.0 Å². The summed E-state index contributed by atoms with van der Waals surface area (Å²) in [7, 11) is -3.51. The standard InChI is InChI=1S/C11H18N2O2S/c1-2-3-4-5-10-6-8-11(9-7-10)16(14,15)13-12/h6-9,13H,2-5,12H2,1H3. The van der Waals surface area contributed by atoms with Crippen molar-refractivity contribution < 1.29 is 8.42 Å². The van der Waals surface area contributed by atoms with E-state index in [0.717, 1.165) is 18.4 Å². The van der Waals surface area contributed by atoms with E-state index < -0.39 is 10.0 Å². The van der Waals surface area contributed by atoms with Crippen molar-refractivity contribution in [2.75, 3.05) is 0 Å².